The highest BCUT2D eigenvalue weighted by Gasteiger charge is 2.24. The summed E-state index contributed by atoms with van der Waals surface area (Å²) in [4.78, 5) is 12.0. The van der Waals surface area contributed by atoms with E-state index in [9.17, 15) is 4.79 Å². The summed E-state index contributed by atoms with van der Waals surface area (Å²) >= 11 is 0. The molecule has 3 nitrogen and oxygen atoms in total. The molecule has 0 saturated heterocycles. The summed E-state index contributed by atoms with van der Waals surface area (Å²) in [7, 11) is 0. The molecule has 1 aliphatic carbocycles. The van der Waals surface area contributed by atoms with Crippen molar-refractivity contribution in [1.29, 1.82) is 0 Å². The van der Waals surface area contributed by atoms with Gasteiger partial charge in [0.05, 0.1) is 0 Å². The van der Waals surface area contributed by atoms with Crippen LogP contribution in [0.4, 0.5) is 0 Å². The first-order valence-electron chi connectivity index (χ1n) is 6.67. The summed E-state index contributed by atoms with van der Waals surface area (Å²) < 4.78 is 0. The standard InChI is InChI=1S/C13H26N2O.ClH/c1-3-12(8-11-6-4-5-7-11)13(16)15-10(2)9-14;/h10-12H,3-9,14H2,1-2H3,(H,15,16);1H/t10-,12?;/m0./s1. The molecule has 1 unspecified atom stereocenters. The third kappa shape index (κ3) is 5.73. The van der Waals surface area contributed by atoms with Crippen molar-refractivity contribution in [2.24, 2.45) is 17.6 Å². The zero-order valence-corrected chi connectivity index (χ0v) is 11.9. The second kappa shape index (κ2) is 8.76. The molecular formula is C13H27ClN2O. The van der Waals surface area contributed by atoms with Crippen LogP contribution >= 0.6 is 12.4 Å². The van der Waals surface area contributed by atoms with E-state index in [4.69, 9.17) is 5.73 Å². The molecule has 0 heterocycles. The number of nitrogens with one attached hydrogen (secondary N) is 1. The second-order valence-electron chi connectivity index (χ2n) is 5.14. The molecule has 0 bridgehead atoms. The number of carbonyl (C=O) groups excluding carboxylic acids is 1. The molecule has 1 amide bonds. The molecule has 102 valence electrons. The Morgan fingerprint density at radius 2 is 2.00 bits per heavy atom. The van der Waals surface area contributed by atoms with Gasteiger partial charge in [-0.1, -0.05) is 32.6 Å². The van der Waals surface area contributed by atoms with E-state index < -0.39 is 0 Å². The summed E-state index contributed by atoms with van der Waals surface area (Å²) in [5.74, 6) is 1.17. The zero-order valence-electron chi connectivity index (χ0n) is 11.1. The molecule has 0 aromatic rings. The molecule has 1 fully saturated rings. The minimum Gasteiger partial charge on any atom is -0.352 e. The van der Waals surface area contributed by atoms with Crippen molar-refractivity contribution in [1.82, 2.24) is 5.32 Å². The van der Waals surface area contributed by atoms with E-state index in [-0.39, 0.29) is 30.3 Å². The summed E-state index contributed by atoms with van der Waals surface area (Å²) in [6.07, 6.45) is 7.34. The minimum absolute atomic E-state index is 0. The molecule has 0 aliphatic heterocycles. The van der Waals surface area contributed by atoms with Crippen molar-refractivity contribution in [2.45, 2.75) is 58.4 Å². The van der Waals surface area contributed by atoms with Crippen molar-refractivity contribution < 1.29 is 4.79 Å². The predicted octanol–water partition coefficient (Wildman–Crippen LogP) is 2.48. The van der Waals surface area contributed by atoms with Crippen LogP contribution in [-0.4, -0.2) is 18.5 Å². The number of amides is 1. The average molecular weight is 263 g/mol. The van der Waals surface area contributed by atoms with E-state index in [1.807, 2.05) is 6.92 Å². The number of rotatable bonds is 6. The smallest absolute Gasteiger partial charge is 0.223 e. The molecule has 1 rings (SSSR count). The van der Waals surface area contributed by atoms with E-state index in [0.29, 0.717) is 6.54 Å². The average Bonchev–Trinajstić information content (AvgIpc) is 2.78. The fourth-order valence-electron chi connectivity index (χ4n) is 2.53. The van der Waals surface area contributed by atoms with E-state index in [1.54, 1.807) is 0 Å². The number of hydrogen-bond donors (Lipinski definition) is 2. The first-order valence-corrected chi connectivity index (χ1v) is 6.67. The maximum absolute atomic E-state index is 12.0. The van der Waals surface area contributed by atoms with Gasteiger partial charge in [-0.05, 0) is 25.7 Å². The third-order valence-electron chi connectivity index (χ3n) is 3.70. The number of carbonyl (C=O) groups is 1. The van der Waals surface area contributed by atoms with Crippen molar-refractivity contribution in [3.05, 3.63) is 0 Å². The van der Waals surface area contributed by atoms with Gasteiger partial charge in [-0.2, -0.15) is 0 Å². The molecule has 17 heavy (non-hydrogen) atoms. The second-order valence-corrected chi connectivity index (χ2v) is 5.14. The third-order valence-corrected chi connectivity index (χ3v) is 3.70. The van der Waals surface area contributed by atoms with E-state index in [0.717, 1.165) is 18.8 Å². The Morgan fingerprint density at radius 3 is 2.47 bits per heavy atom. The molecule has 0 radical (unpaired) electrons. The minimum atomic E-state index is 0. The highest BCUT2D eigenvalue weighted by molar-refractivity contribution is 5.85. The van der Waals surface area contributed by atoms with E-state index in [2.05, 4.69) is 12.2 Å². The van der Waals surface area contributed by atoms with Gasteiger partial charge in [0, 0.05) is 18.5 Å². The Morgan fingerprint density at radius 1 is 1.41 bits per heavy atom. The fraction of sp³-hybridized carbons (Fsp3) is 0.923. The lowest BCUT2D eigenvalue weighted by atomic mass is 9.90. The summed E-state index contributed by atoms with van der Waals surface area (Å²) in [6.45, 7) is 4.58. The maximum Gasteiger partial charge on any atom is 0.223 e. The fourth-order valence-corrected chi connectivity index (χ4v) is 2.53. The van der Waals surface area contributed by atoms with Crippen molar-refractivity contribution in [3.63, 3.8) is 0 Å². The van der Waals surface area contributed by atoms with Gasteiger partial charge in [0.15, 0.2) is 0 Å². The molecule has 2 atom stereocenters. The van der Waals surface area contributed by atoms with Gasteiger partial charge in [0.1, 0.15) is 0 Å². The quantitative estimate of drug-likeness (QED) is 0.773. The Bertz CT molecular complexity index is 217. The Kier molecular flexibility index (Phi) is 8.61. The van der Waals surface area contributed by atoms with Crippen molar-refractivity contribution in [2.75, 3.05) is 6.54 Å². The summed E-state index contributed by atoms with van der Waals surface area (Å²) in [6, 6.07) is 0.102. The lowest BCUT2D eigenvalue weighted by Crippen LogP contribution is -2.41. The largest absolute Gasteiger partial charge is 0.352 e. The molecular weight excluding hydrogens is 236 g/mol. The van der Waals surface area contributed by atoms with Gasteiger partial charge in [-0.25, -0.2) is 0 Å². The summed E-state index contributed by atoms with van der Waals surface area (Å²) in [5.41, 5.74) is 5.51. The normalized spacial score (nSPS) is 19.5. The Hall–Kier alpha value is -0.280. The van der Waals surface area contributed by atoms with Crippen LogP contribution in [0.1, 0.15) is 52.4 Å². The predicted molar refractivity (Wildman–Crippen MR) is 74.3 cm³/mol. The van der Waals surface area contributed by atoms with Crippen molar-refractivity contribution in [3.8, 4) is 0 Å². The molecule has 0 spiro atoms. The van der Waals surface area contributed by atoms with Gasteiger partial charge in [0.25, 0.3) is 0 Å². The molecule has 4 heteroatoms. The van der Waals surface area contributed by atoms with Crippen LogP contribution in [0.15, 0.2) is 0 Å². The van der Waals surface area contributed by atoms with Gasteiger partial charge in [0.2, 0.25) is 5.91 Å². The number of hydrogen-bond acceptors (Lipinski definition) is 2. The lowest BCUT2D eigenvalue weighted by molar-refractivity contribution is -0.126. The molecule has 3 N–H and O–H groups in total. The lowest BCUT2D eigenvalue weighted by Gasteiger charge is -2.20. The first kappa shape index (κ1) is 16.7. The number of nitrogens with two attached hydrogens (primary N) is 1. The van der Waals surface area contributed by atoms with Gasteiger partial charge >= 0.3 is 0 Å². The zero-order chi connectivity index (χ0) is 12.0. The van der Waals surface area contributed by atoms with E-state index >= 15 is 0 Å². The topological polar surface area (TPSA) is 55.1 Å². The highest BCUT2D eigenvalue weighted by atomic mass is 35.5. The Labute approximate surface area is 111 Å². The van der Waals surface area contributed by atoms with Crippen LogP contribution in [0.3, 0.4) is 0 Å². The molecule has 1 saturated carbocycles. The van der Waals surface area contributed by atoms with E-state index in [1.165, 1.54) is 25.7 Å². The maximum atomic E-state index is 12.0. The van der Waals surface area contributed by atoms with Crippen LogP contribution in [0.25, 0.3) is 0 Å². The van der Waals surface area contributed by atoms with Crippen LogP contribution in [0.5, 0.6) is 0 Å². The highest BCUT2D eigenvalue weighted by Crippen LogP contribution is 2.31. The Balaban J connectivity index is 0.00000256. The molecule has 1 aliphatic rings. The molecule has 0 aromatic heterocycles. The van der Waals surface area contributed by atoms with Crippen LogP contribution < -0.4 is 11.1 Å². The van der Waals surface area contributed by atoms with Gasteiger partial charge in [-0.15, -0.1) is 12.4 Å². The SMILES string of the molecule is CCC(CC1CCCC1)C(=O)N[C@@H](C)CN.Cl. The van der Waals surface area contributed by atoms with Crippen molar-refractivity contribution >= 4 is 18.3 Å². The van der Waals surface area contributed by atoms with Crippen LogP contribution in [0.2, 0.25) is 0 Å². The van der Waals surface area contributed by atoms with Crippen LogP contribution in [-0.2, 0) is 4.79 Å². The van der Waals surface area contributed by atoms with Gasteiger partial charge in [-0.3, -0.25) is 4.79 Å². The first-order chi connectivity index (χ1) is 7.67. The number of halogens is 1. The molecule has 0 aromatic carbocycles. The monoisotopic (exact) mass is 262 g/mol. The van der Waals surface area contributed by atoms with Crippen LogP contribution in [0, 0.1) is 11.8 Å². The summed E-state index contributed by atoms with van der Waals surface area (Å²) in [5, 5.41) is 2.99. The van der Waals surface area contributed by atoms with Gasteiger partial charge < -0.3 is 11.1 Å².